The predicted octanol–water partition coefficient (Wildman–Crippen LogP) is -0.325. The number of nitrogens with zero attached hydrogens (tertiary/aromatic N) is 3. The summed E-state index contributed by atoms with van der Waals surface area (Å²) >= 11 is 0. The zero-order valence-electron chi connectivity index (χ0n) is 9.83. The van der Waals surface area contributed by atoms with Gasteiger partial charge in [-0.2, -0.15) is 5.10 Å². The smallest absolute Gasteiger partial charge is 0.407 e. The van der Waals surface area contributed by atoms with Crippen LogP contribution >= 0.6 is 0 Å². The van der Waals surface area contributed by atoms with E-state index >= 15 is 0 Å². The molecule has 2 N–H and O–H groups in total. The van der Waals surface area contributed by atoms with E-state index in [-0.39, 0.29) is 11.6 Å². The van der Waals surface area contributed by atoms with Crippen LogP contribution in [0.3, 0.4) is 0 Å². The maximum absolute atomic E-state index is 11.6. The number of nitrogens with one attached hydrogen (secondary N) is 1. The quantitative estimate of drug-likeness (QED) is 0.768. The summed E-state index contributed by atoms with van der Waals surface area (Å²) in [5.74, 6) is 0. The number of sulfonamides is 1. The first kappa shape index (κ1) is 12.8. The molecule has 0 radical (unpaired) electrons. The number of hydrogen-bond donors (Lipinski definition) is 2. The maximum Gasteiger partial charge on any atom is 0.407 e. The van der Waals surface area contributed by atoms with Crippen LogP contribution in [0.25, 0.3) is 0 Å². The lowest BCUT2D eigenvalue weighted by Crippen LogP contribution is -2.28. The van der Waals surface area contributed by atoms with E-state index in [0.29, 0.717) is 25.2 Å². The summed E-state index contributed by atoms with van der Waals surface area (Å²) in [7, 11) is -2.28. The molecule has 0 bridgehead atoms. The van der Waals surface area contributed by atoms with Crippen molar-refractivity contribution in [2.75, 3.05) is 13.6 Å². The molecule has 1 aliphatic heterocycles. The number of hydrogen-bond acceptors (Lipinski definition) is 4. The summed E-state index contributed by atoms with van der Waals surface area (Å²) < 4.78 is 26.9. The average molecular weight is 274 g/mol. The molecule has 2 rings (SSSR count). The van der Waals surface area contributed by atoms with E-state index in [1.807, 2.05) is 0 Å². The molecule has 0 saturated carbocycles. The van der Waals surface area contributed by atoms with Crippen molar-refractivity contribution in [3.05, 3.63) is 11.8 Å². The van der Waals surface area contributed by atoms with Crippen molar-refractivity contribution < 1.29 is 18.3 Å². The molecular weight excluding hydrogens is 260 g/mol. The third-order valence-corrected chi connectivity index (χ3v) is 4.09. The van der Waals surface area contributed by atoms with E-state index in [1.54, 1.807) is 4.68 Å². The maximum atomic E-state index is 11.6. The van der Waals surface area contributed by atoms with Crippen LogP contribution in [0.5, 0.6) is 0 Å². The number of rotatable bonds is 2. The first-order valence-corrected chi connectivity index (χ1v) is 6.90. The normalized spacial score (nSPS) is 16.2. The summed E-state index contributed by atoms with van der Waals surface area (Å²) in [6.45, 7) is 1.09. The van der Waals surface area contributed by atoms with Gasteiger partial charge in [-0.1, -0.05) is 0 Å². The molecule has 1 aromatic rings. The van der Waals surface area contributed by atoms with Gasteiger partial charge in [0.25, 0.3) is 10.0 Å². The van der Waals surface area contributed by atoms with Gasteiger partial charge in [-0.15, -0.1) is 0 Å². The Morgan fingerprint density at radius 1 is 1.50 bits per heavy atom. The van der Waals surface area contributed by atoms with Crippen molar-refractivity contribution in [2.45, 2.75) is 24.5 Å². The van der Waals surface area contributed by atoms with E-state index in [4.69, 9.17) is 5.11 Å². The number of carboxylic acid groups (broad SMARTS) is 1. The zero-order valence-corrected chi connectivity index (χ0v) is 10.6. The minimum Gasteiger partial charge on any atom is -0.465 e. The van der Waals surface area contributed by atoms with Gasteiger partial charge < -0.3 is 10.0 Å². The second-order valence-corrected chi connectivity index (χ2v) is 5.80. The van der Waals surface area contributed by atoms with Crippen LogP contribution in [0.2, 0.25) is 0 Å². The van der Waals surface area contributed by atoms with E-state index in [0.717, 1.165) is 0 Å². The van der Waals surface area contributed by atoms with Crippen molar-refractivity contribution in [3.63, 3.8) is 0 Å². The monoisotopic (exact) mass is 274 g/mol. The highest BCUT2D eigenvalue weighted by Crippen LogP contribution is 2.16. The molecule has 0 unspecified atom stereocenters. The van der Waals surface area contributed by atoms with Gasteiger partial charge in [-0.3, -0.25) is 4.68 Å². The van der Waals surface area contributed by atoms with Crippen LogP contribution in [-0.4, -0.2) is 47.9 Å². The van der Waals surface area contributed by atoms with Gasteiger partial charge >= 0.3 is 6.09 Å². The second kappa shape index (κ2) is 4.58. The number of carbonyl (C=O) groups is 1. The van der Waals surface area contributed by atoms with Crippen LogP contribution in [0.15, 0.2) is 11.1 Å². The number of aryl methyl sites for hydroxylation is 1. The van der Waals surface area contributed by atoms with Gasteiger partial charge in [0.1, 0.15) is 0 Å². The lowest BCUT2D eigenvalue weighted by Gasteiger charge is -2.14. The van der Waals surface area contributed by atoms with Gasteiger partial charge in [0.05, 0.1) is 12.2 Å². The second-order valence-electron chi connectivity index (χ2n) is 3.96. The highest BCUT2D eigenvalue weighted by molar-refractivity contribution is 7.89. The van der Waals surface area contributed by atoms with Crippen LogP contribution in [0.1, 0.15) is 12.1 Å². The molecule has 0 saturated heterocycles. The van der Waals surface area contributed by atoms with E-state index in [1.165, 1.54) is 18.0 Å². The standard InChI is InChI=1S/C9H14N4O4S/c1-10-18(16,17)8-5-7-6-12(9(14)15)3-2-4-13(7)11-8/h5,10H,2-4,6H2,1H3,(H,14,15). The highest BCUT2D eigenvalue weighted by atomic mass is 32.2. The molecule has 0 fully saturated rings. The molecule has 100 valence electrons. The Morgan fingerprint density at radius 3 is 2.83 bits per heavy atom. The molecule has 0 atom stereocenters. The summed E-state index contributed by atoms with van der Waals surface area (Å²) in [6, 6.07) is 1.41. The number of amides is 1. The first-order valence-electron chi connectivity index (χ1n) is 5.42. The minimum atomic E-state index is -3.59. The largest absolute Gasteiger partial charge is 0.465 e. The van der Waals surface area contributed by atoms with Crippen molar-refractivity contribution in [1.29, 1.82) is 0 Å². The molecule has 9 heteroatoms. The number of fused-ring (bicyclic) bond motifs is 1. The van der Waals surface area contributed by atoms with Gasteiger partial charge in [-0.05, 0) is 13.5 Å². The van der Waals surface area contributed by atoms with Crippen molar-refractivity contribution in [1.82, 2.24) is 19.4 Å². The number of aromatic nitrogens is 2. The van der Waals surface area contributed by atoms with E-state index in [2.05, 4.69) is 9.82 Å². The third-order valence-electron chi connectivity index (χ3n) is 2.81. The fourth-order valence-corrected chi connectivity index (χ4v) is 2.54. The first-order chi connectivity index (χ1) is 8.44. The summed E-state index contributed by atoms with van der Waals surface area (Å²) in [5.41, 5.74) is 0.587. The van der Waals surface area contributed by atoms with Crippen molar-refractivity contribution in [3.8, 4) is 0 Å². The van der Waals surface area contributed by atoms with Gasteiger partial charge in [0.15, 0.2) is 5.03 Å². The molecule has 8 nitrogen and oxygen atoms in total. The van der Waals surface area contributed by atoms with Gasteiger partial charge in [-0.25, -0.2) is 17.9 Å². The fraction of sp³-hybridized carbons (Fsp3) is 0.556. The fourth-order valence-electron chi connectivity index (χ4n) is 1.84. The minimum absolute atomic E-state index is 0.0766. The Labute approximate surface area is 104 Å². The van der Waals surface area contributed by atoms with Crippen molar-refractivity contribution in [2.24, 2.45) is 0 Å². The molecule has 1 amide bonds. The lowest BCUT2D eigenvalue weighted by atomic mass is 10.4. The summed E-state index contributed by atoms with van der Waals surface area (Å²) in [5, 5.41) is 12.9. The van der Waals surface area contributed by atoms with E-state index in [9.17, 15) is 13.2 Å². The average Bonchev–Trinajstić information content (AvgIpc) is 2.62. The molecule has 1 aromatic heterocycles. The molecule has 0 spiro atoms. The summed E-state index contributed by atoms with van der Waals surface area (Å²) in [6.07, 6.45) is -0.400. The molecule has 0 aromatic carbocycles. The topological polar surface area (TPSA) is 105 Å². The van der Waals surface area contributed by atoms with Crippen molar-refractivity contribution >= 4 is 16.1 Å². The Hall–Kier alpha value is -1.61. The molecule has 2 heterocycles. The highest BCUT2D eigenvalue weighted by Gasteiger charge is 2.23. The van der Waals surface area contributed by atoms with Crippen LogP contribution < -0.4 is 4.72 Å². The molecular formula is C9H14N4O4S. The van der Waals surface area contributed by atoms with Crippen LogP contribution in [0.4, 0.5) is 4.79 Å². The van der Waals surface area contributed by atoms with Crippen LogP contribution in [0, 0.1) is 0 Å². The Kier molecular flexibility index (Phi) is 3.26. The van der Waals surface area contributed by atoms with Crippen LogP contribution in [-0.2, 0) is 23.1 Å². The summed E-state index contributed by atoms with van der Waals surface area (Å²) in [4.78, 5) is 12.2. The zero-order chi connectivity index (χ0) is 13.3. The third kappa shape index (κ3) is 2.31. The van der Waals surface area contributed by atoms with Gasteiger partial charge in [0.2, 0.25) is 0 Å². The van der Waals surface area contributed by atoms with Gasteiger partial charge in [0, 0.05) is 19.2 Å². The molecule has 1 aliphatic rings. The predicted molar refractivity (Wildman–Crippen MR) is 61.5 cm³/mol. The van der Waals surface area contributed by atoms with E-state index < -0.39 is 16.1 Å². The molecule has 18 heavy (non-hydrogen) atoms. The Balaban J connectivity index is 2.35. The Bertz CT molecular complexity index is 565. The Morgan fingerprint density at radius 2 is 2.22 bits per heavy atom. The SMILES string of the molecule is CNS(=O)(=O)c1cc2n(n1)CCCN(C(=O)O)C2. The lowest BCUT2D eigenvalue weighted by molar-refractivity contribution is 0.143. The molecule has 0 aliphatic carbocycles.